The Kier molecular flexibility index (Phi) is 2.44. The zero-order valence-electron chi connectivity index (χ0n) is 8.81. The molecular formula is C9H12O7S. The van der Waals surface area contributed by atoms with Gasteiger partial charge in [0.25, 0.3) is 10.1 Å². The number of hydrogen-bond acceptors (Lipinski definition) is 6. The average molecular weight is 264 g/mol. The Morgan fingerprint density at radius 3 is 2.82 bits per heavy atom. The van der Waals surface area contributed by atoms with Crippen molar-refractivity contribution >= 4 is 16.1 Å². The molecule has 0 amide bonds. The summed E-state index contributed by atoms with van der Waals surface area (Å²) in [5.74, 6) is -1.55. The molecule has 1 saturated heterocycles. The first-order chi connectivity index (χ1) is 7.94. The highest BCUT2D eigenvalue weighted by atomic mass is 32.2. The molecule has 0 aromatic heterocycles. The molecule has 1 aliphatic heterocycles. The van der Waals surface area contributed by atoms with Crippen molar-refractivity contribution in [3.63, 3.8) is 0 Å². The first kappa shape index (κ1) is 11.4. The summed E-state index contributed by atoms with van der Waals surface area (Å²) in [5, 5.41) is 0. The lowest BCUT2D eigenvalue weighted by Gasteiger charge is -2.23. The molecule has 2 aliphatic carbocycles. The van der Waals surface area contributed by atoms with Crippen LogP contribution in [0.1, 0.15) is 12.8 Å². The first-order valence-electron chi connectivity index (χ1n) is 5.41. The van der Waals surface area contributed by atoms with Gasteiger partial charge in [-0.25, -0.2) is 9.78 Å². The molecule has 2 saturated carbocycles. The first-order valence-corrected chi connectivity index (χ1v) is 7.02. The van der Waals surface area contributed by atoms with Gasteiger partial charge in [0.2, 0.25) is 0 Å². The van der Waals surface area contributed by atoms with E-state index in [0.717, 1.165) is 12.8 Å². The van der Waals surface area contributed by atoms with Crippen molar-refractivity contribution in [3.8, 4) is 0 Å². The minimum Gasteiger partial charge on any atom is -0.458 e. The Balaban J connectivity index is 1.65. The molecule has 3 aliphatic rings. The fourth-order valence-corrected chi connectivity index (χ4v) is 3.43. The van der Waals surface area contributed by atoms with Crippen LogP contribution >= 0.6 is 0 Å². The van der Waals surface area contributed by atoms with E-state index < -0.39 is 27.9 Å². The van der Waals surface area contributed by atoms with Crippen LogP contribution in [0.15, 0.2) is 0 Å². The van der Waals surface area contributed by atoms with Gasteiger partial charge in [0.05, 0.1) is 6.10 Å². The van der Waals surface area contributed by atoms with E-state index in [4.69, 9.17) is 19.1 Å². The predicted octanol–water partition coefficient (Wildman–Crippen LogP) is -0.475. The second-order valence-electron chi connectivity index (χ2n) is 4.77. The number of hydrogen-bond donors (Lipinski definition) is 1. The number of fused-ring (bicyclic) bond motifs is 1. The topological polar surface area (TPSA) is 99.1 Å². The quantitative estimate of drug-likeness (QED) is 0.417. The third-order valence-corrected chi connectivity index (χ3v) is 4.26. The molecule has 0 aromatic rings. The molecule has 5 atom stereocenters. The van der Waals surface area contributed by atoms with Crippen LogP contribution in [-0.2, 0) is 29.4 Å². The van der Waals surface area contributed by atoms with Crippen LogP contribution in [0.5, 0.6) is 0 Å². The summed E-state index contributed by atoms with van der Waals surface area (Å²) >= 11 is 0. The molecule has 3 fully saturated rings. The summed E-state index contributed by atoms with van der Waals surface area (Å²) < 4.78 is 34.7. The van der Waals surface area contributed by atoms with Gasteiger partial charge in [-0.05, 0) is 12.8 Å². The van der Waals surface area contributed by atoms with E-state index in [1.165, 1.54) is 0 Å². The number of rotatable bonds is 3. The zero-order chi connectivity index (χ0) is 12.2. The van der Waals surface area contributed by atoms with Crippen molar-refractivity contribution in [2.75, 3.05) is 5.75 Å². The van der Waals surface area contributed by atoms with Crippen molar-refractivity contribution in [2.45, 2.75) is 31.2 Å². The molecule has 8 heteroatoms. The molecule has 2 bridgehead atoms. The molecule has 1 N–H and O–H groups in total. The van der Waals surface area contributed by atoms with E-state index >= 15 is 0 Å². The summed E-state index contributed by atoms with van der Waals surface area (Å²) in [7, 11) is -4.34. The number of esters is 1. The highest BCUT2D eigenvalue weighted by molar-refractivity contribution is 7.86. The van der Waals surface area contributed by atoms with E-state index in [2.05, 4.69) is 0 Å². The normalized spacial score (nSPS) is 43.0. The van der Waals surface area contributed by atoms with Crippen LogP contribution in [0, 0.1) is 11.8 Å². The van der Waals surface area contributed by atoms with Crippen LogP contribution in [0.3, 0.4) is 0 Å². The zero-order valence-corrected chi connectivity index (χ0v) is 9.63. The summed E-state index contributed by atoms with van der Waals surface area (Å²) in [6.45, 7) is 0. The highest BCUT2D eigenvalue weighted by Crippen LogP contribution is 2.52. The second kappa shape index (κ2) is 3.64. The Bertz CT molecular complexity index is 442. The van der Waals surface area contributed by atoms with E-state index in [-0.39, 0.29) is 24.0 Å². The van der Waals surface area contributed by atoms with Crippen LogP contribution in [0.25, 0.3) is 0 Å². The standard InChI is InChI=1S/C9H12O7S/c10-7(3-17(11,12)13)14-8-4-1-5-6(2-4)15-16-9(5)8/h4-6,8-9H,1-3H2,(H,11,12,13). The molecule has 3 rings (SSSR count). The monoisotopic (exact) mass is 264 g/mol. The maximum absolute atomic E-state index is 11.3. The molecule has 5 unspecified atom stereocenters. The molecule has 0 aromatic carbocycles. The van der Waals surface area contributed by atoms with Crippen molar-refractivity contribution in [1.29, 1.82) is 0 Å². The summed E-state index contributed by atoms with van der Waals surface area (Å²) in [6, 6.07) is 0. The van der Waals surface area contributed by atoms with Gasteiger partial charge in [0, 0.05) is 11.8 Å². The third-order valence-electron chi connectivity index (χ3n) is 3.66. The molecular weight excluding hydrogens is 252 g/mol. The van der Waals surface area contributed by atoms with Gasteiger partial charge < -0.3 is 4.74 Å². The van der Waals surface area contributed by atoms with Gasteiger partial charge in [0.15, 0.2) is 5.75 Å². The maximum Gasteiger partial charge on any atom is 0.324 e. The van der Waals surface area contributed by atoms with Crippen LogP contribution < -0.4 is 0 Å². The van der Waals surface area contributed by atoms with Crippen molar-refractivity contribution in [3.05, 3.63) is 0 Å². The maximum atomic E-state index is 11.3. The lowest BCUT2D eigenvalue weighted by Crippen LogP contribution is -2.38. The van der Waals surface area contributed by atoms with Crippen LogP contribution in [0.4, 0.5) is 0 Å². The smallest absolute Gasteiger partial charge is 0.324 e. The molecule has 1 heterocycles. The van der Waals surface area contributed by atoms with E-state index in [9.17, 15) is 13.2 Å². The largest absolute Gasteiger partial charge is 0.458 e. The Morgan fingerprint density at radius 1 is 1.35 bits per heavy atom. The van der Waals surface area contributed by atoms with E-state index in [0.29, 0.717) is 0 Å². The summed E-state index contributed by atoms with van der Waals surface area (Å²) in [6.07, 6.45) is 0.989. The fourth-order valence-electron chi connectivity index (χ4n) is 3.07. The Labute approximate surface area is 97.7 Å². The van der Waals surface area contributed by atoms with Crippen molar-refractivity contribution in [1.82, 2.24) is 0 Å². The van der Waals surface area contributed by atoms with Crippen LogP contribution in [0.2, 0.25) is 0 Å². The van der Waals surface area contributed by atoms with Gasteiger partial charge in [-0.3, -0.25) is 9.35 Å². The SMILES string of the molecule is O=C(CS(=O)(=O)O)OC1C2CC3OOC1C3C2. The molecule has 7 nitrogen and oxygen atoms in total. The Hall–Kier alpha value is -0.700. The van der Waals surface area contributed by atoms with Crippen LogP contribution in [-0.4, -0.2) is 43.0 Å². The van der Waals surface area contributed by atoms with Crippen molar-refractivity contribution in [2.24, 2.45) is 11.8 Å². The third kappa shape index (κ3) is 1.95. The lowest BCUT2D eigenvalue weighted by molar-refractivity contribution is -0.298. The number of carbonyl (C=O) groups is 1. The lowest BCUT2D eigenvalue weighted by atomic mass is 9.93. The molecule has 0 radical (unpaired) electrons. The second-order valence-corrected chi connectivity index (χ2v) is 6.22. The van der Waals surface area contributed by atoms with Crippen molar-refractivity contribution < 1.29 is 32.3 Å². The molecule has 17 heavy (non-hydrogen) atoms. The van der Waals surface area contributed by atoms with Gasteiger partial charge >= 0.3 is 5.97 Å². The van der Waals surface area contributed by atoms with E-state index in [1.54, 1.807) is 0 Å². The van der Waals surface area contributed by atoms with Gasteiger partial charge in [-0.15, -0.1) is 0 Å². The molecule has 0 spiro atoms. The molecule has 96 valence electrons. The highest BCUT2D eigenvalue weighted by Gasteiger charge is 2.60. The summed E-state index contributed by atoms with van der Waals surface area (Å²) in [4.78, 5) is 21.5. The number of ether oxygens (including phenoxy) is 1. The van der Waals surface area contributed by atoms with Gasteiger partial charge in [-0.1, -0.05) is 0 Å². The minimum absolute atomic E-state index is 0.0847. The average Bonchev–Trinajstić information content (AvgIpc) is 2.73. The summed E-state index contributed by atoms with van der Waals surface area (Å²) in [5.41, 5.74) is 0. The van der Waals surface area contributed by atoms with E-state index in [1.807, 2.05) is 0 Å². The predicted molar refractivity (Wildman–Crippen MR) is 52.3 cm³/mol. The minimum atomic E-state index is -4.34. The van der Waals surface area contributed by atoms with Gasteiger partial charge in [-0.2, -0.15) is 8.42 Å². The Morgan fingerprint density at radius 2 is 2.12 bits per heavy atom. The van der Waals surface area contributed by atoms with Gasteiger partial charge in [0.1, 0.15) is 12.2 Å². The fraction of sp³-hybridized carbons (Fsp3) is 0.889. The number of carbonyl (C=O) groups excluding carboxylic acids is 1.